The molecule has 1 N–H and O–H groups in total. The fourth-order valence-electron chi connectivity index (χ4n) is 2.78. The molecular weight excluding hydrogens is 216 g/mol. The van der Waals surface area contributed by atoms with Crippen LogP contribution in [0.4, 0.5) is 0 Å². The van der Waals surface area contributed by atoms with Crippen LogP contribution in [-0.4, -0.2) is 36.1 Å². The zero-order valence-corrected chi connectivity index (χ0v) is 11.1. The van der Waals surface area contributed by atoms with Crippen molar-refractivity contribution in [3.05, 3.63) is 0 Å². The van der Waals surface area contributed by atoms with E-state index in [0.29, 0.717) is 6.10 Å². The molecule has 2 fully saturated rings. The van der Waals surface area contributed by atoms with Crippen molar-refractivity contribution in [1.82, 2.24) is 0 Å². The van der Waals surface area contributed by atoms with Crippen molar-refractivity contribution >= 4 is 0 Å². The summed E-state index contributed by atoms with van der Waals surface area (Å²) in [5.74, 6) is 0.856. The molecule has 2 aliphatic rings. The molecule has 2 aliphatic carbocycles. The van der Waals surface area contributed by atoms with Crippen LogP contribution in [0.15, 0.2) is 0 Å². The Bertz CT molecular complexity index is 224. The molecule has 0 amide bonds. The summed E-state index contributed by atoms with van der Waals surface area (Å²) in [4.78, 5) is 0. The minimum atomic E-state index is -0.311. The zero-order valence-electron chi connectivity index (χ0n) is 11.1. The molecule has 0 saturated heterocycles. The molecule has 0 radical (unpaired) electrons. The van der Waals surface area contributed by atoms with E-state index in [0.717, 1.165) is 25.4 Å². The van der Waals surface area contributed by atoms with Crippen LogP contribution in [0.5, 0.6) is 0 Å². The van der Waals surface area contributed by atoms with E-state index in [1.165, 1.54) is 25.7 Å². The maximum Gasteiger partial charge on any atom is 0.110 e. The fraction of sp³-hybridized carbons (Fsp3) is 1.00. The monoisotopic (exact) mass is 242 g/mol. The molecule has 3 unspecified atom stereocenters. The molecule has 0 bridgehead atoms. The molecule has 100 valence electrons. The third-order valence-electron chi connectivity index (χ3n) is 4.06. The Labute approximate surface area is 104 Å². The van der Waals surface area contributed by atoms with Crippen LogP contribution in [-0.2, 0) is 9.47 Å². The van der Waals surface area contributed by atoms with E-state index in [-0.39, 0.29) is 18.3 Å². The highest BCUT2D eigenvalue weighted by Gasteiger charge is 2.43. The number of ether oxygens (including phenoxy) is 2. The van der Waals surface area contributed by atoms with Crippen molar-refractivity contribution in [2.24, 2.45) is 5.92 Å². The molecular formula is C14H26O3. The Morgan fingerprint density at radius 2 is 1.88 bits per heavy atom. The lowest BCUT2D eigenvalue weighted by Gasteiger charge is -2.43. The molecule has 0 spiro atoms. The van der Waals surface area contributed by atoms with Gasteiger partial charge < -0.3 is 14.6 Å². The average Bonchev–Trinajstić information content (AvgIpc) is 2.31. The predicted molar refractivity (Wildman–Crippen MR) is 66.9 cm³/mol. The van der Waals surface area contributed by atoms with Crippen LogP contribution in [0, 0.1) is 5.92 Å². The summed E-state index contributed by atoms with van der Waals surface area (Å²) < 4.78 is 11.7. The Morgan fingerprint density at radius 3 is 2.47 bits per heavy atom. The second kappa shape index (κ2) is 6.17. The Kier molecular flexibility index (Phi) is 4.83. The van der Waals surface area contributed by atoms with E-state index in [9.17, 15) is 5.11 Å². The van der Waals surface area contributed by atoms with Gasteiger partial charge in [-0.3, -0.25) is 0 Å². The highest BCUT2D eigenvalue weighted by atomic mass is 16.6. The molecule has 0 heterocycles. The summed E-state index contributed by atoms with van der Waals surface area (Å²) in [6.07, 6.45) is 6.80. The van der Waals surface area contributed by atoms with Gasteiger partial charge in [-0.05, 0) is 38.0 Å². The van der Waals surface area contributed by atoms with Crippen LogP contribution in [0.25, 0.3) is 0 Å². The molecule has 3 atom stereocenters. The third kappa shape index (κ3) is 3.43. The quantitative estimate of drug-likeness (QED) is 0.805. The van der Waals surface area contributed by atoms with Crippen molar-refractivity contribution in [2.45, 2.75) is 76.8 Å². The van der Waals surface area contributed by atoms with Gasteiger partial charge in [0.15, 0.2) is 0 Å². The minimum absolute atomic E-state index is 0.0747. The molecule has 17 heavy (non-hydrogen) atoms. The minimum Gasteiger partial charge on any atom is -0.390 e. The predicted octanol–water partition coefficient (Wildman–Crippen LogP) is 2.51. The first-order valence-electron chi connectivity index (χ1n) is 7.15. The van der Waals surface area contributed by atoms with Gasteiger partial charge in [-0.1, -0.05) is 13.8 Å². The first kappa shape index (κ1) is 13.3. The zero-order chi connectivity index (χ0) is 12.3. The lowest BCUT2D eigenvalue weighted by atomic mass is 9.85. The lowest BCUT2D eigenvalue weighted by molar-refractivity contribution is -0.211. The van der Waals surface area contributed by atoms with Gasteiger partial charge in [0.25, 0.3) is 0 Å². The molecule has 0 aliphatic heterocycles. The topological polar surface area (TPSA) is 38.7 Å². The number of hydrogen-bond donors (Lipinski definition) is 1. The molecule has 0 aromatic heterocycles. The average molecular weight is 242 g/mol. The van der Waals surface area contributed by atoms with Crippen LogP contribution in [0.3, 0.4) is 0 Å². The summed E-state index contributed by atoms with van der Waals surface area (Å²) in [6, 6.07) is 0. The highest BCUT2D eigenvalue weighted by Crippen LogP contribution is 2.33. The van der Waals surface area contributed by atoms with E-state index >= 15 is 0 Å². The molecule has 2 rings (SSSR count). The maximum atomic E-state index is 9.67. The van der Waals surface area contributed by atoms with E-state index in [2.05, 4.69) is 13.8 Å². The van der Waals surface area contributed by atoms with E-state index < -0.39 is 0 Å². The van der Waals surface area contributed by atoms with Gasteiger partial charge in [0, 0.05) is 13.0 Å². The number of aliphatic hydroxyl groups is 1. The summed E-state index contributed by atoms with van der Waals surface area (Å²) in [7, 11) is 0. The number of hydrogen-bond acceptors (Lipinski definition) is 3. The van der Waals surface area contributed by atoms with Gasteiger partial charge in [0.2, 0.25) is 0 Å². The lowest BCUT2D eigenvalue weighted by Crippen LogP contribution is -2.55. The van der Waals surface area contributed by atoms with Gasteiger partial charge in [0.05, 0.1) is 18.3 Å². The van der Waals surface area contributed by atoms with Gasteiger partial charge in [0.1, 0.15) is 6.10 Å². The van der Waals surface area contributed by atoms with E-state index in [1.807, 2.05) is 0 Å². The van der Waals surface area contributed by atoms with Gasteiger partial charge in [-0.25, -0.2) is 0 Å². The number of rotatable bonds is 5. The van der Waals surface area contributed by atoms with Crippen LogP contribution < -0.4 is 0 Å². The van der Waals surface area contributed by atoms with E-state index in [1.54, 1.807) is 0 Å². The molecule has 3 heteroatoms. The Morgan fingerprint density at radius 1 is 1.18 bits per heavy atom. The number of aliphatic hydroxyl groups excluding tert-OH is 1. The summed E-state index contributed by atoms with van der Waals surface area (Å²) in [6.45, 7) is 5.13. The summed E-state index contributed by atoms with van der Waals surface area (Å²) in [5, 5.41) is 9.67. The SMILES string of the molecule is CCCOC1C(O)CC1OC1CCC(C)CC1. The third-order valence-corrected chi connectivity index (χ3v) is 4.06. The first-order chi connectivity index (χ1) is 8.20. The summed E-state index contributed by atoms with van der Waals surface area (Å²) in [5.41, 5.74) is 0. The van der Waals surface area contributed by atoms with Gasteiger partial charge in [-0.15, -0.1) is 0 Å². The van der Waals surface area contributed by atoms with Crippen molar-refractivity contribution in [2.75, 3.05) is 6.61 Å². The van der Waals surface area contributed by atoms with Crippen molar-refractivity contribution in [3.63, 3.8) is 0 Å². The molecule has 0 aromatic rings. The highest BCUT2D eigenvalue weighted by molar-refractivity contribution is 4.93. The van der Waals surface area contributed by atoms with Crippen molar-refractivity contribution in [1.29, 1.82) is 0 Å². The second-order valence-electron chi connectivity index (χ2n) is 5.69. The van der Waals surface area contributed by atoms with Crippen molar-refractivity contribution in [3.8, 4) is 0 Å². The molecule has 2 saturated carbocycles. The summed E-state index contributed by atoms with van der Waals surface area (Å²) >= 11 is 0. The maximum absolute atomic E-state index is 9.67. The molecule has 0 aromatic carbocycles. The smallest absolute Gasteiger partial charge is 0.110 e. The van der Waals surface area contributed by atoms with Crippen LogP contribution >= 0.6 is 0 Å². The standard InChI is InChI=1S/C14H26O3/c1-3-8-16-14-12(15)9-13(14)17-11-6-4-10(2)5-7-11/h10-15H,3-9H2,1-2H3. The Balaban J connectivity index is 1.71. The van der Waals surface area contributed by atoms with Crippen LogP contribution in [0.1, 0.15) is 52.4 Å². The van der Waals surface area contributed by atoms with E-state index in [4.69, 9.17) is 9.47 Å². The second-order valence-corrected chi connectivity index (χ2v) is 5.69. The largest absolute Gasteiger partial charge is 0.390 e. The van der Waals surface area contributed by atoms with Crippen molar-refractivity contribution < 1.29 is 14.6 Å². The first-order valence-corrected chi connectivity index (χ1v) is 7.15. The fourth-order valence-corrected chi connectivity index (χ4v) is 2.78. The van der Waals surface area contributed by atoms with Crippen LogP contribution in [0.2, 0.25) is 0 Å². The van der Waals surface area contributed by atoms with Gasteiger partial charge >= 0.3 is 0 Å². The van der Waals surface area contributed by atoms with Gasteiger partial charge in [-0.2, -0.15) is 0 Å². The molecule has 3 nitrogen and oxygen atoms in total. The Hall–Kier alpha value is -0.120. The normalized spacial score (nSPS) is 42.2.